The van der Waals surface area contributed by atoms with Gasteiger partial charge in [0, 0.05) is 31.3 Å². The lowest BCUT2D eigenvalue weighted by Gasteiger charge is -2.44. The number of primary amides is 1. The summed E-state index contributed by atoms with van der Waals surface area (Å²) >= 11 is 6.38. The van der Waals surface area contributed by atoms with Crippen LogP contribution in [0.3, 0.4) is 0 Å². The molecule has 1 atom stereocenters. The summed E-state index contributed by atoms with van der Waals surface area (Å²) in [7, 11) is 0. The number of nitrogens with two attached hydrogens (primary N) is 1. The first-order valence-corrected chi connectivity index (χ1v) is 17.2. The standard InChI is InChI=1S/C31H37N3O4S4/c1-30(2,3)31(38-29(32)37,28(36)34(21-25-11-7-17-41-25)22-26-12-8-18-42-26)14-4-13-27(35)33(19-23-9-5-15-39-23)20-24-10-6-16-40-24/h5-12,15-18H,4,13-14,19-22H2,1-3H3,(H2,32,37)/t31-/m1/s1. The molecule has 4 aromatic heterocycles. The highest BCUT2D eigenvalue weighted by Gasteiger charge is 2.53. The number of carbonyl (C=O) groups excluding carboxylic acids is 3. The molecule has 4 aromatic rings. The zero-order valence-corrected chi connectivity index (χ0v) is 27.4. The molecule has 0 saturated carbocycles. The van der Waals surface area contributed by atoms with Gasteiger partial charge in [0.2, 0.25) is 5.91 Å². The summed E-state index contributed by atoms with van der Waals surface area (Å²) in [5, 5.41) is 7.96. The number of ether oxygens (including phenoxy) is 1. The van der Waals surface area contributed by atoms with E-state index in [9.17, 15) is 14.4 Å². The van der Waals surface area contributed by atoms with Gasteiger partial charge in [0.1, 0.15) is 0 Å². The predicted molar refractivity (Wildman–Crippen MR) is 172 cm³/mol. The minimum absolute atomic E-state index is 0.0137. The van der Waals surface area contributed by atoms with Crippen LogP contribution in [0.5, 0.6) is 0 Å². The fraction of sp³-hybridized carbons (Fsp3) is 0.387. The van der Waals surface area contributed by atoms with Crippen molar-refractivity contribution in [1.29, 1.82) is 0 Å². The van der Waals surface area contributed by atoms with Gasteiger partial charge in [0.25, 0.3) is 5.91 Å². The minimum Gasteiger partial charge on any atom is -0.432 e. The Kier molecular flexibility index (Phi) is 11.0. The van der Waals surface area contributed by atoms with Crippen molar-refractivity contribution in [3.63, 3.8) is 0 Å². The second-order valence-corrected chi connectivity index (χ2v) is 15.2. The predicted octanol–water partition coefficient (Wildman–Crippen LogP) is 7.74. The Bertz CT molecular complexity index is 1320. The molecule has 7 nitrogen and oxygen atoms in total. The molecular weight excluding hydrogens is 607 g/mol. The van der Waals surface area contributed by atoms with Crippen molar-refractivity contribution in [2.24, 2.45) is 11.1 Å². The van der Waals surface area contributed by atoms with Gasteiger partial charge in [-0.3, -0.25) is 9.59 Å². The van der Waals surface area contributed by atoms with Crippen molar-refractivity contribution in [2.45, 2.75) is 71.8 Å². The fourth-order valence-electron chi connectivity index (χ4n) is 4.92. The van der Waals surface area contributed by atoms with Crippen LogP contribution in [-0.2, 0) is 40.5 Å². The first-order valence-electron chi connectivity index (χ1n) is 13.7. The van der Waals surface area contributed by atoms with Crippen LogP contribution < -0.4 is 5.73 Å². The molecule has 3 amide bonds. The first kappa shape index (κ1) is 31.9. The number of thiophene rings is 4. The van der Waals surface area contributed by atoms with E-state index in [0.717, 1.165) is 19.5 Å². The van der Waals surface area contributed by atoms with Crippen LogP contribution >= 0.6 is 45.3 Å². The molecular formula is C31H37N3O4S4. The third-order valence-electron chi connectivity index (χ3n) is 7.10. The quantitative estimate of drug-likeness (QED) is 0.152. The maximum atomic E-state index is 14.5. The molecule has 0 spiro atoms. The maximum absolute atomic E-state index is 14.5. The van der Waals surface area contributed by atoms with Gasteiger partial charge >= 0.3 is 6.09 Å². The number of nitrogens with zero attached hydrogens (tertiary/aromatic N) is 2. The van der Waals surface area contributed by atoms with Crippen LogP contribution in [0.2, 0.25) is 0 Å². The largest absolute Gasteiger partial charge is 0.432 e. The average Bonchev–Trinajstić information content (AvgIpc) is 3.75. The van der Waals surface area contributed by atoms with E-state index >= 15 is 0 Å². The van der Waals surface area contributed by atoms with Crippen molar-refractivity contribution < 1.29 is 19.1 Å². The molecule has 0 aliphatic rings. The van der Waals surface area contributed by atoms with E-state index in [0.29, 0.717) is 32.6 Å². The zero-order chi connectivity index (χ0) is 30.2. The van der Waals surface area contributed by atoms with Gasteiger partial charge in [-0.2, -0.15) is 0 Å². The highest BCUT2D eigenvalue weighted by molar-refractivity contribution is 7.10. The Hall–Kier alpha value is -2.99. The van der Waals surface area contributed by atoms with Crippen LogP contribution in [0, 0.1) is 5.41 Å². The summed E-state index contributed by atoms with van der Waals surface area (Å²) < 4.78 is 5.83. The second kappa shape index (κ2) is 14.5. The molecule has 2 N–H and O–H groups in total. The Balaban J connectivity index is 1.57. The molecule has 224 valence electrons. The van der Waals surface area contributed by atoms with E-state index in [1.807, 2.05) is 95.7 Å². The van der Waals surface area contributed by atoms with Crippen LogP contribution in [0.25, 0.3) is 0 Å². The molecule has 0 bridgehead atoms. The van der Waals surface area contributed by atoms with Crippen LogP contribution in [0.1, 0.15) is 59.5 Å². The van der Waals surface area contributed by atoms with Gasteiger partial charge < -0.3 is 20.3 Å². The average molecular weight is 644 g/mol. The summed E-state index contributed by atoms with van der Waals surface area (Å²) in [6, 6.07) is 15.9. The van der Waals surface area contributed by atoms with Gasteiger partial charge in [-0.15, -0.1) is 45.3 Å². The zero-order valence-electron chi connectivity index (χ0n) is 24.1. The van der Waals surface area contributed by atoms with Gasteiger partial charge in [0.05, 0.1) is 26.2 Å². The SMILES string of the molecule is CC(C)(C)[C@](CCCC(=O)N(Cc1cccs1)Cc1cccs1)(OC(N)=O)C(=O)N(Cc1cccs1)Cc1cccs1. The van der Waals surface area contributed by atoms with E-state index in [1.165, 1.54) is 0 Å². The highest BCUT2D eigenvalue weighted by atomic mass is 32.1. The number of carbonyl (C=O) groups is 3. The second-order valence-electron chi connectivity index (χ2n) is 11.1. The summed E-state index contributed by atoms with van der Waals surface area (Å²) in [5.41, 5.74) is 3.27. The monoisotopic (exact) mass is 643 g/mol. The lowest BCUT2D eigenvalue weighted by Crippen LogP contribution is -2.59. The van der Waals surface area contributed by atoms with Gasteiger partial charge in [-0.05, 0) is 58.6 Å². The van der Waals surface area contributed by atoms with Gasteiger partial charge in [0.15, 0.2) is 5.60 Å². The molecule has 4 heterocycles. The topological polar surface area (TPSA) is 92.9 Å². The number of rotatable bonds is 14. The molecule has 0 fully saturated rings. The van der Waals surface area contributed by atoms with Crippen LogP contribution in [0.4, 0.5) is 4.79 Å². The normalized spacial score (nSPS) is 12.9. The van der Waals surface area contributed by atoms with E-state index < -0.39 is 17.1 Å². The molecule has 0 aliphatic carbocycles. The van der Waals surface area contributed by atoms with Crippen molar-refractivity contribution in [3.05, 3.63) is 89.6 Å². The summed E-state index contributed by atoms with van der Waals surface area (Å²) in [6.45, 7) is 7.43. The van der Waals surface area contributed by atoms with Gasteiger partial charge in [-0.25, -0.2) is 4.79 Å². The molecule has 0 saturated heterocycles. The van der Waals surface area contributed by atoms with E-state index in [2.05, 4.69) is 0 Å². The molecule has 0 aliphatic heterocycles. The lowest BCUT2D eigenvalue weighted by molar-refractivity contribution is -0.167. The van der Waals surface area contributed by atoms with E-state index in [4.69, 9.17) is 10.5 Å². The number of amides is 3. The summed E-state index contributed by atoms with van der Waals surface area (Å²) in [4.78, 5) is 48.3. The highest BCUT2D eigenvalue weighted by Crippen LogP contribution is 2.41. The van der Waals surface area contributed by atoms with E-state index in [1.54, 1.807) is 50.2 Å². The first-order chi connectivity index (χ1) is 20.1. The van der Waals surface area contributed by atoms with Crippen molar-refractivity contribution in [2.75, 3.05) is 0 Å². The third kappa shape index (κ3) is 8.31. The Morgan fingerprint density at radius 1 is 0.714 bits per heavy atom. The smallest absolute Gasteiger partial charge is 0.405 e. The fourth-order valence-corrected chi connectivity index (χ4v) is 7.80. The molecule has 42 heavy (non-hydrogen) atoms. The Labute approximate surface area is 263 Å². The van der Waals surface area contributed by atoms with Crippen LogP contribution in [-0.4, -0.2) is 33.3 Å². The number of hydrogen-bond donors (Lipinski definition) is 1. The van der Waals surface area contributed by atoms with Crippen molar-refractivity contribution in [1.82, 2.24) is 9.80 Å². The van der Waals surface area contributed by atoms with Crippen molar-refractivity contribution >= 4 is 63.3 Å². The third-order valence-corrected chi connectivity index (χ3v) is 10.5. The summed E-state index contributed by atoms with van der Waals surface area (Å²) in [6.07, 6.45) is -0.276. The van der Waals surface area contributed by atoms with Gasteiger partial charge in [-0.1, -0.05) is 45.0 Å². The molecule has 0 radical (unpaired) electrons. The summed E-state index contributed by atoms with van der Waals surface area (Å²) in [5.74, 6) is -0.322. The van der Waals surface area contributed by atoms with Crippen LogP contribution in [0.15, 0.2) is 70.1 Å². The maximum Gasteiger partial charge on any atom is 0.405 e. The van der Waals surface area contributed by atoms with Crippen molar-refractivity contribution in [3.8, 4) is 0 Å². The van der Waals surface area contributed by atoms with E-state index in [-0.39, 0.29) is 24.7 Å². The minimum atomic E-state index is -1.56. The lowest BCUT2D eigenvalue weighted by atomic mass is 9.72. The molecule has 0 aromatic carbocycles. The Morgan fingerprint density at radius 3 is 1.45 bits per heavy atom. The molecule has 11 heteroatoms. The molecule has 0 unspecified atom stereocenters. The number of hydrogen-bond acceptors (Lipinski definition) is 8. The molecule has 4 rings (SSSR count). The Morgan fingerprint density at radius 2 is 1.12 bits per heavy atom.